The van der Waals surface area contributed by atoms with E-state index in [2.05, 4.69) is 15.1 Å². The number of fused-ring (bicyclic) bond motifs is 2. The third-order valence-electron chi connectivity index (χ3n) is 4.63. The van der Waals surface area contributed by atoms with E-state index in [1.807, 2.05) is 16.8 Å². The smallest absolute Gasteiger partial charge is 0.338 e. The lowest BCUT2D eigenvalue weighted by Gasteiger charge is -2.06. The molecule has 1 aliphatic rings. The Morgan fingerprint density at radius 1 is 1.29 bits per heavy atom. The highest BCUT2D eigenvalue weighted by Gasteiger charge is 2.18. The van der Waals surface area contributed by atoms with Crippen molar-refractivity contribution in [3.63, 3.8) is 0 Å². The zero-order valence-corrected chi connectivity index (χ0v) is 15.4. The maximum absolute atomic E-state index is 12.5. The number of nitrogens with zero attached hydrogens (tertiary/aromatic N) is 4. The molecule has 0 unspecified atom stereocenters. The first-order valence-corrected chi connectivity index (χ1v) is 9.69. The van der Waals surface area contributed by atoms with Gasteiger partial charge in [-0.25, -0.2) is 9.78 Å². The van der Waals surface area contributed by atoms with Gasteiger partial charge in [-0.05, 0) is 36.1 Å². The monoisotopic (exact) mass is 394 g/mol. The molecule has 4 heterocycles. The molecule has 9 heteroatoms. The predicted molar refractivity (Wildman–Crippen MR) is 101 cm³/mol. The van der Waals surface area contributed by atoms with Crippen LogP contribution in [0.1, 0.15) is 28.5 Å². The highest BCUT2D eigenvalue weighted by atomic mass is 32.1. The summed E-state index contributed by atoms with van der Waals surface area (Å²) in [5, 5.41) is 8.20. The van der Waals surface area contributed by atoms with Crippen LogP contribution in [-0.4, -0.2) is 25.7 Å². The minimum absolute atomic E-state index is 0.0655. The van der Waals surface area contributed by atoms with Crippen molar-refractivity contribution in [1.29, 1.82) is 0 Å². The Balaban J connectivity index is 1.35. The molecule has 140 valence electrons. The number of thiophene rings is 1. The maximum atomic E-state index is 12.5. The highest BCUT2D eigenvalue weighted by molar-refractivity contribution is 7.08. The molecule has 0 fully saturated rings. The average Bonchev–Trinajstić information content (AvgIpc) is 3.46. The number of benzene rings is 1. The third kappa shape index (κ3) is 2.89. The second kappa shape index (κ2) is 6.68. The largest absolute Gasteiger partial charge is 0.452 e. The van der Waals surface area contributed by atoms with E-state index in [4.69, 9.17) is 9.26 Å². The van der Waals surface area contributed by atoms with Crippen molar-refractivity contribution in [2.45, 2.75) is 26.0 Å². The summed E-state index contributed by atoms with van der Waals surface area (Å²) in [6.45, 7) is 0.562. The molecule has 0 N–H and O–H groups in total. The van der Waals surface area contributed by atoms with E-state index >= 15 is 0 Å². The van der Waals surface area contributed by atoms with Crippen molar-refractivity contribution < 1.29 is 14.1 Å². The van der Waals surface area contributed by atoms with Crippen LogP contribution in [0.3, 0.4) is 0 Å². The van der Waals surface area contributed by atoms with Crippen LogP contribution in [0.5, 0.6) is 0 Å². The molecule has 1 aliphatic heterocycles. The summed E-state index contributed by atoms with van der Waals surface area (Å²) in [6, 6.07) is 6.66. The van der Waals surface area contributed by atoms with E-state index in [1.165, 1.54) is 11.3 Å². The van der Waals surface area contributed by atoms with Crippen LogP contribution >= 0.6 is 11.3 Å². The van der Waals surface area contributed by atoms with Gasteiger partial charge in [0.15, 0.2) is 6.61 Å². The molecular weight excluding hydrogens is 380 g/mol. The molecule has 0 saturated carbocycles. The van der Waals surface area contributed by atoms with Crippen LogP contribution in [0.2, 0.25) is 0 Å². The van der Waals surface area contributed by atoms with E-state index in [0.29, 0.717) is 28.8 Å². The van der Waals surface area contributed by atoms with Crippen LogP contribution in [-0.2, 0) is 24.3 Å². The summed E-state index contributed by atoms with van der Waals surface area (Å²) >= 11 is 1.53. The standard InChI is InChI=1S/C19H14N4O4S/c24-18-13-4-3-11(8-14(13)20-15-2-1-6-23(15)18)19(25)26-9-16-21-17(22-27-16)12-5-7-28-10-12/h3-5,7-8,10H,1-2,6,9H2. The van der Waals surface area contributed by atoms with Gasteiger partial charge in [-0.2, -0.15) is 16.3 Å². The fraction of sp³-hybridized carbons (Fsp3) is 0.211. The molecule has 0 atom stereocenters. The summed E-state index contributed by atoms with van der Waals surface area (Å²) in [5.74, 6) is 0.885. The second-order valence-corrected chi connectivity index (χ2v) is 7.20. The van der Waals surface area contributed by atoms with Crippen LogP contribution in [0.15, 0.2) is 44.3 Å². The number of carbonyl (C=O) groups excluding carboxylic acids is 1. The Labute approximate surface area is 162 Å². The molecule has 1 aromatic carbocycles. The Kier molecular flexibility index (Phi) is 4.01. The fourth-order valence-electron chi connectivity index (χ4n) is 3.24. The summed E-state index contributed by atoms with van der Waals surface area (Å²) in [6.07, 6.45) is 1.68. The number of aromatic nitrogens is 4. The van der Waals surface area contributed by atoms with E-state index in [9.17, 15) is 9.59 Å². The first-order valence-electron chi connectivity index (χ1n) is 8.75. The minimum atomic E-state index is -0.542. The van der Waals surface area contributed by atoms with Crippen molar-refractivity contribution >= 4 is 28.2 Å². The fourth-order valence-corrected chi connectivity index (χ4v) is 3.88. The number of carbonyl (C=O) groups is 1. The average molecular weight is 394 g/mol. The number of aryl methyl sites for hydroxylation is 1. The van der Waals surface area contributed by atoms with Crippen LogP contribution < -0.4 is 5.56 Å². The van der Waals surface area contributed by atoms with Crippen LogP contribution in [0.25, 0.3) is 22.3 Å². The summed E-state index contributed by atoms with van der Waals surface area (Å²) in [7, 11) is 0. The highest BCUT2D eigenvalue weighted by Crippen LogP contribution is 2.20. The Morgan fingerprint density at radius 3 is 3.07 bits per heavy atom. The van der Waals surface area contributed by atoms with E-state index < -0.39 is 5.97 Å². The van der Waals surface area contributed by atoms with Crippen molar-refractivity contribution in [2.75, 3.05) is 0 Å². The van der Waals surface area contributed by atoms with Gasteiger partial charge in [-0.1, -0.05) is 5.16 Å². The van der Waals surface area contributed by atoms with Crippen molar-refractivity contribution in [3.05, 3.63) is 62.7 Å². The lowest BCUT2D eigenvalue weighted by Crippen LogP contribution is -2.21. The van der Waals surface area contributed by atoms with Gasteiger partial charge in [0.2, 0.25) is 5.82 Å². The van der Waals surface area contributed by atoms with Crippen molar-refractivity contribution in [1.82, 2.24) is 19.7 Å². The van der Waals surface area contributed by atoms with Crippen LogP contribution in [0.4, 0.5) is 0 Å². The van der Waals surface area contributed by atoms with E-state index in [1.54, 1.807) is 22.8 Å². The first-order chi connectivity index (χ1) is 13.7. The summed E-state index contributed by atoms with van der Waals surface area (Å²) < 4.78 is 12.1. The zero-order valence-electron chi connectivity index (χ0n) is 14.6. The second-order valence-electron chi connectivity index (χ2n) is 6.42. The number of hydrogen-bond donors (Lipinski definition) is 0. The zero-order chi connectivity index (χ0) is 19.1. The SMILES string of the molecule is O=C(OCc1nc(-c2ccsc2)no1)c1ccc2c(=O)n3c(nc2c1)CCC3. The first kappa shape index (κ1) is 16.8. The summed E-state index contributed by atoms with van der Waals surface area (Å²) in [5.41, 5.74) is 1.61. The molecular formula is C19H14N4O4S. The molecule has 0 bridgehead atoms. The lowest BCUT2D eigenvalue weighted by molar-refractivity contribution is 0.0430. The third-order valence-corrected chi connectivity index (χ3v) is 5.31. The quantitative estimate of drug-likeness (QED) is 0.491. The number of hydrogen-bond acceptors (Lipinski definition) is 8. The van der Waals surface area contributed by atoms with Crippen LogP contribution in [0, 0.1) is 0 Å². The number of rotatable bonds is 4. The molecule has 0 saturated heterocycles. The molecule has 5 rings (SSSR count). The maximum Gasteiger partial charge on any atom is 0.338 e. The minimum Gasteiger partial charge on any atom is -0.452 e. The van der Waals surface area contributed by atoms with Gasteiger partial charge in [0.05, 0.1) is 16.5 Å². The van der Waals surface area contributed by atoms with Gasteiger partial charge in [0, 0.05) is 23.9 Å². The lowest BCUT2D eigenvalue weighted by atomic mass is 10.1. The molecule has 0 aliphatic carbocycles. The van der Waals surface area contributed by atoms with Gasteiger partial charge in [-0.15, -0.1) is 0 Å². The summed E-state index contributed by atoms with van der Waals surface area (Å²) in [4.78, 5) is 33.6. The Hall–Kier alpha value is -3.33. The Morgan fingerprint density at radius 2 is 2.21 bits per heavy atom. The molecule has 0 spiro atoms. The van der Waals surface area contributed by atoms with Gasteiger partial charge in [0.25, 0.3) is 11.4 Å². The molecule has 0 amide bonds. The van der Waals surface area contributed by atoms with Gasteiger partial charge < -0.3 is 9.26 Å². The number of ether oxygens (including phenoxy) is 1. The topological polar surface area (TPSA) is 100 Å². The number of esters is 1. The predicted octanol–water partition coefficient (Wildman–Crippen LogP) is 2.81. The van der Waals surface area contributed by atoms with Crippen molar-refractivity contribution in [2.24, 2.45) is 0 Å². The Bertz CT molecular complexity index is 1240. The van der Waals surface area contributed by atoms with Gasteiger partial charge >= 0.3 is 5.97 Å². The molecule has 3 aromatic heterocycles. The molecule has 4 aromatic rings. The van der Waals surface area contributed by atoms with Crippen molar-refractivity contribution in [3.8, 4) is 11.4 Å². The van der Waals surface area contributed by atoms with Gasteiger partial charge in [-0.3, -0.25) is 9.36 Å². The molecule has 8 nitrogen and oxygen atoms in total. The molecule has 28 heavy (non-hydrogen) atoms. The molecule has 0 radical (unpaired) electrons. The normalized spacial score (nSPS) is 13.0. The van der Waals surface area contributed by atoms with Gasteiger partial charge in [0.1, 0.15) is 5.82 Å². The van der Waals surface area contributed by atoms with E-state index in [0.717, 1.165) is 24.2 Å². The van der Waals surface area contributed by atoms with E-state index in [-0.39, 0.29) is 18.1 Å².